The van der Waals surface area contributed by atoms with Crippen LogP contribution < -0.4 is 4.90 Å². The Morgan fingerprint density at radius 3 is 2.50 bits per heavy atom. The molecule has 0 aliphatic heterocycles. The fraction of sp³-hybridized carbons (Fsp3) is 0.176. The maximum atomic E-state index is 11.2. The average Bonchev–Trinajstić information content (AvgIpc) is 3.15. The van der Waals surface area contributed by atoms with E-state index < -0.39 is 0 Å². The van der Waals surface area contributed by atoms with Crippen molar-refractivity contribution in [1.82, 2.24) is 14.8 Å². The van der Waals surface area contributed by atoms with E-state index in [1.165, 1.54) is 12.4 Å². The molecular formula is C17H17N5O2. The van der Waals surface area contributed by atoms with Crippen molar-refractivity contribution in [1.29, 1.82) is 0 Å². The summed E-state index contributed by atoms with van der Waals surface area (Å²) in [5.41, 5.74) is 2.66. The standard InChI is InChI=1S/C17H17N5O2/c1-13(20(2)16-5-3-4-6-17(16)22(23)24)14-7-9-15(10-8-14)21-12-18-11-19-21/h3-13H,1-2H3. The molecule has 1 aromatic heterocycles. The molecule has 0 spiro atoms. The molecule has 7 nitrogen and oxygen atoms in total. The van der Waals surface area contributed by atoms with Gasteiger partial charge in [0.15, 0.2) is 0 Å². The molecule has 0 bridgehead atoms. The maximum absolute atomic E-state index is 11.2. The van der Waals surface area contributed by atoms with Gasteiger partial charge in [0, 0.05) is 13.1 Å². The number of benzene rings is 2. The summed E-state index contributed by atoms with van der Waals surface area (Å²) in [6.45, 7) is 2.02. The molecule has 0 aliphatic carbocycles. The lowest BCUT2D eigenvalue weighted by Crippen LogP contribution is -2.22. The van der Waals surface area contributed by atoms with Crippen molar-refractivity contribution in [3.8, 4) is 5.69 Å². The van der Waals surface area contributed by atoms with Crippen LogP contribution in [0.2, 0.25) is 0 Å². The summed E-state index contributed by atoms with van der Waals surface area (Å²) in [6.07, 6.45) is 3.12. The summed E-state index contributed by atoms with van der Waals surface area (Å²) < 4.78 is 1.68. The van der Waals surface area contributed by atoms with E-state index >= 15 is 0 Å². The first kappa shape index (κ1) is 15.7. The van der Waals surface area contributed by atoms with Gasteiger partial charge < -0.3 is 4.90 Å². The van der Waals surface area contributed by atoms with Gasteiger partial charge in [0.1, 0.15) is 18.3 Å². The molecule has 1 unspecified atom stereocenters. The van der Waals surface area contributed by atoms with Crippen molar-refractivity contribution < 1.29 is 4.92 Å². The molecule has 0 saturated heterocycles. The predicted octanol–water partition coefficient (Wildman–Crippen LogP) is 3.37. The number of rotatable bonds is 5. The third-order valence-corrected chi connectivity index (χ3v) is 4.10. The lowest BCUT2D eigenvalue weighted by atomic mass is 10.1. The number of hydrogen-bond acceptors (Lipinski definition) is 5. The highest BCUT2D eigenvalue weighted by atomic mass is 16.6. The fourth-order valence-corrected chi connectivity index (χ4v) is 2.60. The zero-order valence-electron chi connectivity index (χ0n) is 13.4. The smallest absolute Gasteiger partial charge is 0.292 e. The number of hydrogen-bond donors (Lipinski definition) is 0. The van der Waals surface area contributed by atoms with E-state index in [0.717, 1.165) is 11.3 Å². The average molecular weight is 323 g/mol. The molecule has 7 heteroatoms. The summed E-state index contributed by atoms with van der Waals surface area (Å²) in [7, 11) is 1.86. The molecule has 0 saturated carbocycles. The molecule has 122 valence electrons. The topological polar surface area (TPSA) is 77.1 Å². The van der Waals surface area contributed by atoms with Gasteiger partial charge in [0.25, 0.3) is 5.69 Å². The van der Waals surface area contributed by atoms with Gasteiger partial charge in [0.2, 0.25) is 0 Å². The number of anilines is 1. The first-order valence-corrected chi connectivity index (χ1v) is 7.49. The third kappa shape index (κ3) is 2.96. The van der Waals surface area contributed by atoms with Crippen molar-refractivity contribution in [2.24, 2.45) is 0 Å². The molecule has 1 heterocycles. The van der Waals surface area contributed by atoms with Crippen molar-refractivity contribution in [3.63, 3.8) is 0 Å². The molecule has 1 atom stereocenters. The molecule has 0 radical (unpaired) electrons. The van der Waals surface area contributed by atoms with Crippen molar-refractivity contribution in [3.05, 3.63) is 76.9 Å². The Bertz CT molecular complexity index is 830. The van der Waals surface area contributed by atoms with Gasteiger partial charge in [-0.3, -0.25) is 10.1 Å². The molecule has 3 rings (SSSR count). The highest BCUT2D eigenvalue weighted by molar-refractivity contribution is 5.63. The summed E-state index contributed by atoms with van der Waals surface area (Å²) in [5.74, 6) is 0. The zero-order valence-corrected chi connectivity index (χ0v) is 13.4. The molecule has 0 aliphatic rings. The van der Waals surface area contributed by atoms with E-state index in [1.54, 1.807) is 29.2 Å². The van der Waals surface area contributed by atoms with E-state index in [9.17, 15) is 10.1 Å². The highest BCUT2D eigenvalue weighted by Crippen LogP contribution is 2.32. The second-order valence-electron chi connectivity index (χ2n) is 5.46. The summed E-state index contributed by atoms with van der Waals surface area (Å²) in [6, 6.07) is 14.6. The molecule has 3 aromatic rings. The lowest BCUT2D eigenvalue weighted by molar-refractivity contribution is -0.384. The maximum Gasteiger partial charge on any atom is 0.292 e. The molecule has 0 N–H and O–H groups in total. The van der Waals surface area contributed by atoms with Crippen LogP contribution in [0.15, 0.2) is 61.2 Å². The van der Waals surface area contributed by atoms with Gasteiger partial charge in [-0.05, 0) is 30.7 Å². The van der Waals surface area contributed by atoms with Crippen LogP contribution in [0.4, 0.5) is 11.4 Å². The fourth-order valence-electron chi connectivity index (χ4n) is 2.60. The molecule has 0 fully saturated rings. The molecule has 2 aromatic carbocycles. The van der Waals surface area contributed by atoms with Gasteiger partial charge in [-0.15, -0.1) is 0 Å². The van der Waals surface area contributed by atoms with Crippen LogP contribution in [0.1, 0.15) is 18.5 Å². The largest absolute Gasteiger partial charge is 0.362 e. The van der Waals surface area contributed by atoms with Gasteiger partial charge >= 0.3 is 0 Å². The van der Waals surface area contributed by atoms with Crippen LogP contribution in [0, 0.1) is 10.1 Å². The zero-order chi connectivity index (χ0) is 17.1. The van der Waals surface area contributed by atoms with Crippen molar-refractivity contribution >= 4 is 11.4 Å². The number of para-hydroxylation sites is 2. The van der Waals surface area contributed by atoms with Gasteiger partial charge in [-0.2, -0.15) is 5.10 Å². The van der Waals surface area contributed by atoms with Gasteiger partial charge in [-0.1, -0.05) is 24.3 Å². The minimum absolute atomic E-state index is 0.0177. The Morgan fingerprint density at radius 2 is 1.88 bits per heavy atom. The van der Waals surface area contributed by atoms with Crippen LogP contribution in [-0.4, -0.2) is 26.7 Å². The quantitative estimate of drug-likeness (QED) is 0.531. The first-order chi connectivity index (χ1) is 11.6. The van der Waals surface area contributed by atoms with E-state index in [-0.39, 0.29) is 16.7 Å². The summed E-state index contributed by atoms with van der Waals surface area (Å²) in [5, 5.41) is 15.3. The molecular weight excluding hydrogens is 306 g/mol. The number of nitro benzene ring substituents is 1. The first-order valence-electron chi connectivity index (χ1n) is 7.49. The van der Waals surface area contributed by atoms with Crippen LogP contribution in [0.3, 0.4) is 0 Å². The Labute approximate surface area is 139 Å². The summed E-state index contributed by atoms with van der Waals surface area (Å²) in [4.78, 5) is 16.7. The Kier molecular flexibility index (Phi) is 4.24. The highest BCUT2D eigenvalue weighted by Gasteiger charge is 2.20. The minimum atomic E-state index is -0.355. The van der Waals surface area contributed by atoms with Crippen molar-refractivity contribution in [2.75, 3.05) is 11.9 Å². The van der Waals surface area contributed by atoms with E-state index in [2.05, 4.69) is 10.1 Å². The van der Waals surface area contributed by atoms with Crippen LogP contribution in [0.5, 0.6) is 0 Å². The predicted molar refractivity (Wildman–Crippen MR) is 91.3 cm³/mol. The van der Waals surface area contributed by atoms with Gasteiger partial charge in [0.05, 0.1) is 16.7 Å². The monoisotopic (exact) mass is 323 g/mol. The Hall–Kier alpha value is -3.22. The third-order valence-electron chi connectivity index (χ3n) is 4.10. The van der Waals surface area contributed by atoms with Gasteiger partial charge in [-0.25, -0.2) is 9.67 Å². The van der Waals surface area contributed by atoms with E-state index in [4.69, 9.17) is 0 Å². The molecule has 24 heavy (non-hydrogen) atoms. The minimum Gasteiger partial charge on any atom is -0.362 e. The SMILES string of the molecule is CC(c1ccc(-n2cncn2)cc1)N(C)c1ccccc1[N+](=O)[O-]. The summed E-state index contributed by atoms with van der Waals surface area (Å²) >= 11 is 0. The Balaban J connectivity index is 1.86. The second kappa shape index (κ2) is 6.49. The lowest BCUT2D eigenvalue weighted by Gasteiger charge is -2.27. The van der Waals surface area contributed by atoms with E-state index in [1.807, 2.05) is 43.1 Å². The van der Waals surface area contributed by atoms with Crippen LogP contribution in [-0.2, 0) is 0 Å². The van der Waals surface area contributed by atoms with Crippen molar-refractivity contribution in [2.45, 2.75) is 13.0 Å². The van der Waals surface area contributed by atoms with Crippen LogP contribution in [0.25, 0.3) is 5.69 Å². The molecule has 0 amide bonds. The van der Waals surface area contributed by atoms with Crippen LogP contribution >= 0.6 is 0 Å². The number of nitro groups is 1. The number of nitrogens with zero attached hydrogens (tertiary/aromatic N) is 5. The number of aromatic nitrogens is 3. The Morgan fingerprint density at radius 1 is 1.17 bits per heavy atom. The second-order valence-corrected chi connectivity index (χ2v) is 5.46. The normalized spacial score (nSPS) is 11.9. The van der Waals surface area contributed by atoms with E-state index in [0.29, 0.717) is 5.69 Å².